The molecule has 1 amide bonds. The second-order valence-electron chi connectivity index (χ2n) is 5.44. The van der Waals surface area contributed by atoms with Crippen molar-refractivity contribution in [2.75, 3.05) is 0 Å². The van der Waals surface area contributed by atoms with Crippen LogP contribution in [0, 0.1) is 0 Å². The van der Waals surface area contributed by atoms with Crippen LogP contribution in [0.3, 0.4) is 0 Å². The summed E-state index contributed by atoms with van der Waals surface area (Å²) in [5, 5.41) is 5.41. The van der Waals surface area contributed by atoms with Gasteiger partial charge in [-0.1, -0.05) is 38.1 Å². The molecule has 1 unspecified atom stereocenters. The Kier molecular flexibility index (Phi) is 5.09. The lowest BCUT2D eigenvalue weighted by atomic mass is 10.0. The van der Waals surface area contributed by atoms with Gasteiger partial charge in [0.1, 0.15) is 10.7 Å². The van der Waals surface area contributed by atoms with Crippen molar-refractivity contribution in [3.8, 4) is 0 Å². The maximum atomic E-state index is 12.0. The molecule has 1 aromatic heterocycles. The van der Waals surface area contributed by atoms with Crippen LogP contribution in [-0.2, 0) is 6.54 Å². The maximum Gasteiger partial charge on any atom is 0.271 e. The quantitative estimate of drug-likeness (QED) is 0.891. The molecule has 0 bridgehead atoms. The molecular formula is C16H21N3OS. The minimum atomic E-state index is -0.161. The molecule has 5 heteroatoms. The molecule has 0 aliphatic carbocycles. The van der Waals surface area contributed by atoms with Crippen molar-refractivity contribution in [2.45, 2.75) is 39.3 Å². The number of amides is 1. The van der Waals surface area contributed by atoms with Gasteiger partial charge in [0.2, 0.25) is 0 Å². The van der Waals surface area contributed by atoms with Crippen molar-refractivity contribution in [3.05, 3.63) is 51.5 Å². The second kappa shape index (κ2) is 6.83. The number of benzene rings is 1. The topological polar surface area (TPSA) is 68.0 Å². The molecule has 112 valence electrons. The average Bonchev–Trinajstić information content (AvgIpc) is 2.95. The molecule has 0 saturated carbocycles. The first-order chi connectivity index (χ1) is 9.97. The lowest BCUT2D eigenvalue weighted by Gasteiger charge is -2.07. The number of carbonyl (C=O) groups is 1. The first-order valence-corrected chi connectivity index (χ1v) is 7.93. The van der Waals surface area contributed by atoms with Gasteiger partial charge < -0.3 is 11.1 Å². The normalized spacial score (nSPS) is 12.4. The minimum absolute atomic E-state index is 0.139. The molecule has 21 heavy (non-hydrogen) atoms. The summed E-state index contributed by atoms with van der Waals surface area (Å²) < 4.78 is 0. The third-order valence-corrected chi connectivity index (χ3v) is 4.29. The maximum absolute atomic E-state index is 12.0. The molecule has 1 aromatic carbocycles. The summed E-state index contributed by atoms with van der Waals surface area (Å²) in [6, 6.07) is 8.15. The van der Waals surface area contributed by atoms with Gasteiger partial charge in [-0.25, -0.2) is 4.98 Å². The number of nitrogens with one attached hydrogen (secondary N) is 1. The summed E-state index contributed by atoms with van der Waals surface area (Å²) in [7, 11) is 0. The molecule has 0 spiro atoms. The minimum Gasteiger partial charge on any atom is -0.347 e. The third kappa shape index (κ3) is 4.12. The van der Waals surface area contributed by atoms with Crippen LogP contribution in [0.15, 0.2) is 29.6 Å². The Balaban J connectivity index is 1.94. The van der Waals surface area contributed by atoms with Crippen molar-refractivity contribution < 1.29 is 4.79 Å². The summed E-state index contributed by atoms with van der Waals surface area (Å²) in [6.45, 7) is 6.68. The van der Waals surface area contributed by atoms with E-state index in [9.17, 15) is 4.79 Å². The van der Waals surface area contributed by atoms with Gasteiger partial charge in [0.25, 0.3) is 5.91 Å². The second-order valence-corrected chi connectivity index (χ2v) is 6.33. The average molecular weight is 303 g/mol. The van der Waals surface area contributed by atoms with Gasteiger partial charge in [-0.2, -0.15) is 0 Å². The first kappa shape index (κ1) is 15.7. The highest BCUT2D eigenvalue weighted by atomic mass is 32.1. The molecule has 3 N–H and O–H groups in total. The zero-order valence-electron chi connectivity index (χ0n) is 12.6. The molecule has 2 aromatic rings. The highest BCUT2D eigenvalue weighted by Gasteiger charge is 2.12. The standard InChI is InChI=1S/C16H21N3OS/c1-10(2)13-6-4-12(5-7-13)8-18-15(20)14-9-21-16(19-14)11(3)17/h4-7,9-11H,8,17H2,1-3H3,(H,18,20). The van der Waals surface area contributed by atoms with Crippen LogP contribution in [0.5, 0.6) is 0 Å². The van der Waals surface area contributed by atoms with Gasteiger partial charge in [-0.05, 0) is 24.0 Å². The lowest BCUT2D eigenvalue weighted by Crippen LogP contribution is -2.23. The van der Waals surface area contributed by atoms with E-state index < -0.39 is 0 Å². The number of hydrogen-bond acceptors (Lipinski definition) is 4. The van der Waals surface area contributed by atoms with Crippen molar-refractivity contribution >= 4 is 17.2 Å². The predicted molar refractivity (Wildman–Crippen MR) is 86.4 cm³/mol. The molecule has 0 fully saturated rings. The summed E-state index contributed by atoms with van der Waals surface area (Å²) in [5.74, 6) is 0.353. The molecule has 0 aliphatic heterocycles. The Bertz CT molecular complexity index is 602. The van der Waals surface area contributed by atoms with E-state index in [1.54, 1.807) is 5.38 Å². The lowest BCUT2D eigenvalue weighted by molar-refractivity contribution is 0.0946. The number of carbonyl (C=O) groups excluding carboxylic acids is 1. The van der Waals surface area contributed by atoms with E-state index in [4.69, 9.17) is 5.73 Å². The van der Waals surface area contributed by atoms with Crippen LogP contribution in [0.1, 0.15) is 59.4 Å². The Labute approximate surface area is 129 Å². The summed E-state index contributed by atoms with van der Waals surface area (Å²) >= 11 is 1.42. The van der Waals surface area contributed by atoms with Crippen LogP contribution in [-0.4, -0.2) is 10.9 Å². The van der Waals surface area contributed by atoms with E-state index in [-0.39, 0.29) is 11.9 Å². The summed E-state index contributed by atoms with van der Waals surface area (Å²) in [6.07, 6.45) is 0. The van der Waals surface area contributed by atoms with Crippen molar-refractivity contribution in [1.29, 1.82) is 0 Å². The zero-order chi connectivity index (χ0) is 15.4. The molecule has 0 radical (unpaired) electrons. The van der Waals surface area contributed by atoms with Crippen molar-refractivity contribution in [1.82, 2.24) is 10.3 Å². The van der Waals surface area contributed by atoms with E-state index in [1.165, 1.54) is 16.9 Å². The van der Waals surface area contributed by atoms with Gasteiger partial charge in [-0.3, -0.25) is 4.79 Å². The highest BCUT2D eigenvalue weighted by Crippen LogP contribution is 2.16. The van der Waals surface area contributed by atoms with Crippen LogP contribution in [0.25, 0.3) is 0 Å². The fourth-order valence-electron chi connectivity index (χ4n) is 1.89. The fourth-order valence-corrected chi connectivity index (χ4v) is 2.65. The van der Waals surface area contributed by atoms with Crippen molar-refractivity contribution in [3.63, 3.8) is 0 Å². The van der Waals surface area contributed by atoms with Crippen molar-refractivity contribution in [2.24, 2.45) is 5.73 Å². The number of nitrogens with zero attached hydrogens (tertiary/aromatic N) is 1. The Morgan fingerprint density at radius 2 is 1.95 bits per heavy atom. The van der Waals surface area contributed by atoms with Crippen LogP contribution < -0.4 is 11.1 Å². The SMILES string of the molecule is CC(C)c1ccc(CNC(=O)c2csc(C(C)N)n2)cc1. The van der Waals surface area contributed by atoms with Gasteiger partial charge >= 0.3 is 0 Å². The van der Waals surface area contributed by atoms with E-state index in [2.05, 4.69) is 36.3 Å². The number of hydrogen-bond donors (Lipinski definition) is 2. The van der Waals surface area contributed by atoms with Crippen LogP contribution in [0.4, 0.5) is 0 Å². The molecular weight excluding hydrogens is 282 g/mol. The predicted octanol–water partition coefficient (Wildman–Crippen LogP) is 3.22. The molecule has 2 rings (SSSR count). The monoisotopic (exact) mass is 303 g/mol. The molecule has 1 heterocycles. The Morgan fingerprint density at radius 3 is 2.48 bits per heavy atom. The van der Waals surface area contributed by atoms with E-state index in [0.717, 1.165) is 10.6 Å². The number of thiazole rings is 1. The van der Waals surface area contributed by atoms with Crippen LogP contribution >= 0.6 is 11.3 Å². The van der Waals surface area contributed by atoms with Gasteiger partial charge in [0, 0.05) is 11.9 Å². The summed E-state index contributed by atoms with van der Waals surface area (Å²) in [4.78, 5) is 16.3. The molecule has 4 nitrogen and oxygen atoms in total. The Morgan fingerprint density at radius 1 is 1.29 bits per heavy atom. The van der Waals surface area contributed by atoms with Gasteiger partial charge in [0.15, 0.2) is 0 Å². The molecule has 0 aliphatic rings. The molecule has 1 atom stereocenters. The number of rotatable bonds is 5. The number of aromatic nitrogens is 1. The Hall–Kier alpha value is -1.72. The van der Waals surface area contributed by atoms with E-state index in [1.807, 2.05) is 19.1 Å². The number of nitrogens with two attached hydrogens (primary N) is 1. The zero-order valence-corrected chi connectivity index (χ0v) is 13.4. The van der Waals surface area contributed by atoms with E-state index in [0.29, 0.717) is 18.2 Å². The van der Waals surface area contributed by atoms with E-state index >= 15 is 0 Å². The highest BCUT2D eigenvalue weighted by molar-refractivity contribution is 7.09. The largest absolute Gasteiger partial charge is 0.347 e. The third-order valence-electron chi connectivity index (χ3n) is 3.24. The smallest absolute Gasteiger partial charge is 0.271 e. The van der Waals surface area contributed by atoms with Crippen LogP contribution in [0.2, 0.25) is 0 Å². The molecule has 0 saturated heterocycles. The van der Waals surface area contributed by atoms with Gasteiger partial charge in [-0.15, -0.1) is 11.3 Å². The fraction of sp³-hybridized carbons (Fsp3) is 0.375. The van der Waals surface area contributed by atoms with Gasteiger partial charge in [0.05, 0.1) is 6.04 Å². The summed E-state index contributed by atoms with van der Waals surface area (Å²) in [5.41, 5.74) is 8.56. The first-order valence-electron chi connectivity index (χ1n) is 7.05.